The van der Waals surface area contributed by atoms with Crippen molar-refractivity contribution in [2.75, 3.05) is 0 Å². The fraction of sp³-hybridized carbons (Fsp3) is 0.625. The molecular weight excluding hydrogens is 192 g/mol. The third-order valence-corrected chi connectivity index (χ3v) is 3.01. The highest BCUT2D eigenvalue weighted by atomic mass is 14.0. The molecule has 1 rings (SSSR count). The molecule has 0 saturated carbocycles. The van der Waals surface area contributed by atoms with Crippen LogP contribution in [0, 0.1) is 12.1 Å². The topological polar surface area (TPSA) is 0 Å². The molecule has 88 valence electrons. The van der Waals surface area contributed by atoms with Crippen molar-refractivity contribution < 1.29 is 0 Å². The summed E-state index contributed by atoms with van der Waals surface area (Å²) in [6, 6.07) is 12.3. The molecule has 1 aromatic rings. The summed E-state index contributed by atoms with van der Waals surface area (Å²) in [4.78, 5) is 0. The van der Waals surface area contributed by atoms with E-state index in [9.17, 15) is 0 Å². The molecule has 0 aliphatic rings. The highest BCUT2D eigenvalue weighted by molar-refractivity contribution is 5.11. The van der Waals surface area contributed by atoms with Gasteiger partial charge < -0.3 is 0 Å². The molecule has 0 nitrogen and oxygen atoms in total. The number of hydrogen-bond donors (Lipinski definition) is 0. The van der Waals surface area contributed by atoms with Crippen LogP contribution in [0.3, 0.4) is 0 Å². The minimum absolute atomic E-state index is 1.17. The van der Waals surface area contributed by atoms with Crippen LogP contribution in [0.5, 0.6) is 0 Å². The fourth-order valence-corrected chi connectivity index (χ4v) is 1.98. The first kappa shape index (κ1) is 13.3. The zero-order valence-corrected chi connectivity index (χ0v) is 10.6. The molecule has 1 aromatic carbocycles. The number of aryl methyl sites for hydroxylation is 1. The molecule has 0 aliphatic heterocycles. The molecule has 0 spiro atoms. The molecule has 0 heteroatoms. The van der Waals surface area contributed by atoms with E-state index in [1.165, 1.54) is 63.4 Å². The Morgan fingerprint density at radius 1 is 0.938 bits per heavy atom. The van der Waals surface area contributed by atoms with Crippen molar-refractivity contribution in [3.8, 4) is 0 Å². The lowest BCUT2D eigenvalue weighted by Crippen LogP contribution is -1.86. The first-order valence-corrected chi connectivity index (χ1v) is 6.80. The van der Waals surface area contributed by atoms with Gasteiger partial charge >= 0.3 is 0 Å². The second kappa shape index (κ2) is 9.45. The number of rotatable bonds is 9. The van der Waals surface area contributed by atoms with Gasteiger partial charge in [-0.2, -0.15) is 0 Å². The Morgan fingerprint density at radius 3 is 2.25 bits per heavy atom. The van der Waals surface area contributed by atoms with Crippen LogP contribution in [0.4, 0.5) is 0 Å². The maximum Gasteiger partial charge on any atom is -0.00641 e. The number of benzene rings is 1. The molecule has 2 radical (unpaired) electrons. The van der Waals surface area contributed by atoms with Crippen molar-refractivity contribution in [1.82, 2.24) is 0 Å². The van der Waals surface area contributed by atoms with Crippen LogP contribution < -0.4 is 0 Å². The highest BCUT2D eigenvalue weighted by Gasteiger charge is 1.93. The molecule has 0 amide bonds. The van der Waals surface area contributed by atoms with Gasteiger partial charge in [0.05, 0.1) is 0 Å². The van der Waals surface area contributed by atoms with Gasteiger partial charge in [0.2, 0.25) is 0 Å². The predicted molar refractivity (Wildman–Crippen MR) is 70.4 cm³/mol. The molecule has 16 heavy (non-hydrogen) atoms. The van der Waals surface area contributed by atoms with Gasteiger partial charge in [0.25, 0.3) is 0 Å². The smallest absolute Gasteiger partial charge is 0.00641 e. The zero-order chi connectivity index (χ0) is 11.5. The largest absolute Gasteiger partial charge is 0.0654 e. The Morgan fingerprint density at radius 2 is 1.62 bits per heavy atom. The second-order valence-electron chi connectivity index (χ2n) is 4.55. The van der Waals surface area contributed by atoms with E-state index in [4.69, 9.17) is 0 Å². The van der Waals surface area contributed by atoms with Gasteiger partial charge in [0.1, 0.15) is 0 Å². The molecule has 0 unspecified atom stereocenters. The Kier molecular flexibility index (Phi) is 7.84. The van der Waals surface area contributed by atoms with Crippen LogP contribution in [0.25, 0.3) is 0 Å². The molecule has 0 N–H and O–H groups in total. The fourth-order valence-electron chi connectivity index (χ4n) is 1.98. The van der Waals surface area contributed by atoms with E-state index >= 15 is 0 Å². The lowest BCUT2D eigenvalue weighted by Gasteiger charge is -2.01. The molecule has 0 atom stereocenters. The average molecular weight is 216 g/mol. The first-order valence-electron chi connectivity index (χ1n) is 6.80. The van der Waals surface area contributed by atoms with Crippen LogP contribution in [-0.2, 0) is 6.42 Å². The lowest BCUT2D eigenvalue weighted by atomic mass is 10.0. The standard InChI is InChI=1S/C16H24/c1-2-3-4-5-6-7-8-10-13-16-14-11-9-12-15-16/h9,11,14H,2-8,10,13H2,1H3. The van der Waals surface area contributed by atoms with Crippen molar-refractivity contribution in [1.29, 1.82) is 0 Å². The summed E-state index contributed by atoms with van der Waals surface area (Å²) in [6.45, 7) is 2.27. The molecule has 0 bridgehead atoms. The van der Waals surface area contributed by atoms with Crippen molar-refractivity contribution >= 4 is 0 Å². The van der Waals surface area contributed by atoms with Crippen LogP contribution in [0.15, 0.2) is 18.2 Å². The molecular formula is C16H24. The van der Waals surface area contributed by atoms with Crippen LogP contribution in [-0.4, -0.2) is 0 Å². The molecule has 0 aromatic heterocycles. The Hall–Kier alpha value is -0.780. The van der Waals surface area contributed by atoms with Crippen LogP contribution >= 0.6 is 0 Å². The minimum Gasteiger partial charge on any atom is -0.0654 e. The van der Waals surface area contributed by atoms with Crippen LogP contribution in [0.1, 0.15) is 63.9 Å². The maximum atomic E-state index is 3.16. The quantitative estimate of drug-likeness (QED) is 0.511. The van der Waals surface area contributed by atoms with E-state index in [2.05, 4.69) is 31.2 Å². The van der Waals surface area contributed by atoms with E-state index in [0.29, 0.717) is 0 Å². The summed E-state index contributed by atoms with van der Waals surface area (Å²) >= 11 is 0. The Labute approximate surface area is 101 Å². The summed E-state index contributed by atoms with van der Waals surface area (Å²) < 4.78 is 0. The van der Waals surface area contributed by atoms with E-state index in [1.54, 1.807) is 0 Å². The summed E-state index contributed by atoms with van der Waals surface area (Å²) in [7, 11) is 0. The van der Waals surface area contributed by atoms with Gasteiger partial charge in [0, 0.05) is 0 Å². The van der Waals surface area contributed by atoms with E-state index in [0.717, 1.165) is 0 Å². The molecule has 0 aliphatic carbocycles. The molecule has 0 saturated heterocycles. The number of hydrogen-bond acceptors (Lipinski definition) is 0. The summed E-state index contributed by atoms with van der Waals surface area (Å²) in [5.41, 5.74) is 1.31. The van der Waals surface area contributed by atoms with Crippen molar-refractivity contribution in [3.05, 3.63) is 35.9 Å². The van der Waals surface area contributed by atoms with E-state index in [1.807, 2.05) is 6.07 Å². The summed E-state index contributed by atoms with van der Waals surface area (Å²) in [6.07, 6.45) is 12.3. The number of unbranched alkanes of at least 4 members (excludes halogenated alkanes) is 7. The van der Waals surface area contributed by atoms with Crippen LogP contribution in [0.2, 0.25) is 0 Å². The average Bonchev–Trinajstić information content (AvgIpc) is 2.34. The summed E-state index contributed by atoms with van der Waals surface area (Å²) in [5.74, 6) is 0. The van der Waals surface area contributed by atoms with Crippen molar-refractivity contribution in [3.63, 3.8) is 0 Å². The lowest BCUT2D eigenvalue weighted by molar-refractivity contribution is 0.575. The Bertz CT molecular complexity index is 237. The van der Waals surface area contributed by atoms with Gasteiger partial charge in [0.15, 0.2) is 0 Å². The highest BCUT2D eigenvalue weighted by Crippen LogP contribution is 2.10. The van der Waals surface area contributed by atoms with E-state index in [-0.39, 0.29) is 0 Å². The minimum atomic E-state index is 1.17. The predicted octanol–water partition coefficient (Wildman–Crippen LogP) is 4.97. The third-order valence-electron chi connectivity index (χ3n) is 3.01. The normalized spacial score (nSPS) is 10.6. The SMILES string of the molecule is CCCCCCCCCCc1[c][c]ccc1. The van der Waals surface area contributed by atoms with Gasteiger partial charge in [-0.3, -0.25) is 0 Å². The van der Waals surface area contributed by atoms with E-state index < -0.39 is 0 Å². The van der Waals surface area contributed by atoms with Gasteiger partial charge in [-0.1, -0.05) is 70.1 Å². The molecule has 0 fully saturated rings. The zero-order valence-electron chi connectivity index (χ0n) is 10.6. The third kappa shape index (κ3) is 6.66. The Balaban J connectivity index is 1.89. The first-order chi connectivity index (χ1) is 7.93. The second-order valence-corrected chi connectivity index (χ2v) is 4.55. The molecule has 0 heterocycles. The monoisotopic (exact) mass is 216 g/mol. The van der Waals surface area contributed by atoms with Crippen molar-refractivity contribution in [2.45, 2.75) is 64.7 Å². The van der Waals surface area contributed by atoms with Crippen molar-refractivity contribution in [2.24, 2.45) is 0 Å². The van der Waals surface area contributed by atoms with Gasteiger partial charge in [-0.25, -0.2) is 0 Å². The maximum absolute atomic E-state index is 3.16. The van der Waals surface area contributed by atoms with Gasteiger partial charge in [-0.05, 0) is 30.5 Å². The van der Waals surface area contributed by atoms with Gasteiger partial charge in [-0.15, -0.1) is 0 Å². The summed E-state index contributed by atoms with van der Waals surface area (Å²) in [5, 5.41) is 0.